The van der Waals surface area contributed by atoms with Crippen molar-refractivity contribution in [1.82, 2.24) is 19.9 Å². The summed E-state index contributed by atoms with van der Waals surface area (Å²) in [6.45, 7) is 4.78. The van der Waals surface area contributed by atoms with E-state index in [4.69, 9.17) is 19.4 Å². The van der Waals surface area contributed by atoms with Crippen molar-refractivity contribution < 1.29 is 19.1 Å². The number of carbonyl (C=O) groups is 2. The minimum absolute atomic E-state index is 0.0135. The molecule has 8 heteroatoms. The van der Waals surface area contributed by atoms with Crippen molar-refractivity contribution in [1.29, 1.82) is 0 Å². The molecule has 2 aromatic heterocycles. The van der Waals surface area contributed by atoms with Gasteiger partial charge in [-0.1, -0.05) is 18.6 Å². The second kappa shape index (κ2) is 10.0. The maximum atomic E-state index is 13.5. The number of imidazole rings is 1. The Labute approximate surface area is 193 Å². The van der Waals surface area contributed by atoms with Crippen LogP contribution in [0.3, 0.4) is 0 Å². The third kappa shape index (κ3) is 4.99. The van der Waals surface area contributed by atoms with E-state index in [0.29, 0.717) is 16.8 Å². The predicted molar refractivity (Wildman–Crippen MR) is 124 cm³/mol. The maximum absolute atomic E-state index is 13.5. The number of carbonyl (C=O) groups excluding carboxylic acids is 2. The number of hydrogen-bond acceptors (Lipinski definition) is 6. The molecule has 4 rings (SSSR count). The number of amides is 1. The van der Waals surface area contributed by atoms with Gasteiger partial charge in [-0.25, -0.2) is 9.97 Å². The monoisotopic (exact) mass is 450 g/mol. The Morgan fingerprint density at radius 1 is 1.18 bits per heavy atom. The first-order valence-corrected chi connectivity index (χ1v) is 11.5. The van der Waals surface area contributed by atoms with Crippen LogP contribution in [0.2, 0.25) is 0 Å². The van der Waals surface area contributed by atoms with E-state index in [0.717, 1.165) is 48.5 Å². The van der Waals surface area contributed by atoms with Crippen molar-refractivity contribution in [3.63, 3.8) is 0 Å². The van der Waals surface area contributed by atoms with Gasteiger partial charge in [-0.15, -0.1) is 0 Å². The molecule has 0 saturated carbocycles. The highest BCUT2D eigenvalue weighted by atomic mass is 16.5. The molecule has 1 atom stereocenters. The number of aryl methyl sites for hydroxylation is 3. The van der Waals surface area contributed by atoms with Crippen LogP contribution in [0.15, 0.2) is 30.3 Å². The van der Waals surface area contributed by atoms with Crippen LogP contribution in [-0.2, 0) is 22.5 Å². The van der Waals surface area contributed by atoms with Gasteiger partial charge in [0, 0.05) is 18.7 Å². The van der Waals surface area contributed by atoms with Gasteiger partial charge in [-0.2, -0.15) is 0 Å². The Balaban J connectivity index is 1.69. The summed E-state index contributed by atoms with van der Waals surface area (Å²) in [4.78, 5) is 35.3. The number of aromatic nitrogens is 3. The zero-order chi connectivity index (χ0) is 23.4. The third-order valence-electron chi connectivity index (χ3n) is 5.91. The molecule has 1 unspecified atom stereocenters. The minimum Gasteiger partial charge on any atom is -0.497 e. The van der Waals surface area contributed by atoms with E-state index in [1.807, 2.05) is 31.2 Å². The van der Waals surface area contributed by atoms with Crippen LogP contribution in [0.1, 0.15) is 66.1 Å². The van der Waals surface area contributed by atoms with Gasteiger partial charge < -0.3 is 19.4 Å². The summed E-state index contributed by atoms with van der Waals surface area (Å²) in [5.41, 5.74) is 3.34. The number of esters is 1. The van der Waals surface area contributed by atoms with E-state index in [1.54, 1.807) is 20.1 Å². The van der Waals surface area contributed by atoms with Crippen LogP contribution in [0.5, 0.6) is 5.75 Å². The Kier molecular flexibility index (Phi) is 6.91. The Morgan fingerprint density at radius 2 is 2.03 bits per heavy atom. The van der Waals surface area contributed by atoms with E-state index in [1.165, 1.54) is 6.42 Å². The largest absolute Gasteiger partial charge is 0.497 e. The molecule has 0 radical (unpaired) electrons. The van der Waals surface area contributed by atoms with Gasteiger partial charge in [0.2, 0.25) is 0 Å². The molecular formula is C25H30N4O4. The summed E-state index contributed by atoms with van der Waals surface area (Å²) >= 11 is 0. The van der Waals surface area contributed by atoms with Crippen LogP contribution in [0.25, 0.3) is 11.2 Å². The minimum atomic E-state index is -0.574. The number of rotatable bonds is 7. The number of nitrogens with one attached hydrogen (secondary N) is 1. The van der Waals surface area contributed by atoms with Crippen molar-refractivity contribution in [2.24, 2.45) is 0 Å². The fraction of sp³-hybridized carbons (Fsp3) is 0.440. The standard InChI is InChI=1S/C25H30N4O4/c1-4-33-22(30)15-20(17-9-8-10-18(14-17)32-3)27-25(31)19-13-16(2)26-24-23(19)28-21-11-6-5-7-12-29(21)24/h8-10,13-14,20H,4-7,11-12,15H2,1-3H3,(H,27,31). The van der Waals surface area contributed by atoms with Gasteiger partial charge in [0.05, 0.1) is 31.7 Å². The van der Waals surface area contributed by atoms with Crippen LogP contribution in [-0.4, -0.2) is 40.1 Å². The Bertz CT molecular complexity index is 1170. The maximum Gasteiger partial charge on any atom is 0.308 e. The third-order valence-corrected chi connectivity index (χ3v) is 5.91. The van der Waals surface area contributed by atoms with E-state index in [9.17, 15) is 9.59 Å². The van der Waals surface area contributed by atoms with Gasteiger partial charge in [0.15, 0.2) is 5.65 Å². The van der Waals surface area contributed by atoms with Crippen molar-refractivity contribution >= 4 is 23.0 Å². The highest BCUT2D eigenvalue weighted by Gasteiger charge is 2.25. The molecule has 1 aromatic carbocycles. The SMILES string of the molecule is CCOC(=O)CC(NC(=O)c1cc(C)nc2c1nc1n2CCCCC1)c1cccc(OC)c1. The molecule has 0 fully saturated rings. The summed E-state index contributed by atoms with van der Waals surface area (Å²) in [5.74, 6) is 0.951. The van der Waals surface area contributed by atoms with E-state index in [2.05, 4.69) is 9.88 Å². The first-order chi connectivity index (χ1) is 16.0. The molecule has 174 valence electrons. The number of ether oxygens (including phenoxy) is 2. The van der Waals surface area contributed by atoms with Crippen molar-refractivity contribution in [3.05, 3.63) is 53.0 Å². The molecule has 0 saturated heterocycles. The normalized spacial score (nSPS) is 14.3. The van der Waals surface area contributed by atoms with Crippen LogP contribution < -0.4 is 10.1 Å². The summed E-state index contributed by atoms with van der Waals surface area (Å²) in [6, 6.07) is 8.52. The number of fused-ring (bicyclic) bond motifs is 3. The van der Waals surface area contributed by atoms with Gasteiger partial charge >= 0.3 is 5.97 Å². The molecule has 1 aliphatic heterocycles. The van der Waals surface area contributed by atoms with Gasteiger partial charge in [-0.3, -0.25) is 9.59 Å². The molecule has 1 N–H and O–H groups in total. The van der Waals surface area contributed by atoms with Crippen molar-refractivity contribution in [2.75, 3.05) is 13.7 Å². The molecule has 0 bridgehead atoms. The number of pyridine rings is 1. The first kappa shape index (κ1) is 22.8. The lowest BCUT2D eigenvalue weighted by molar-refractivity contribution is -0.143. The van der Waals surface area contributed by atoms with Crippen LogP contribution in [0.4, 0.5) is 0 Å². The molecule has 33 heavy (non-hydrogen) atoms. The van der Waals surface area contributed by atoms with E-state index < -0.39 is 6.04 Å². The zero-order valence-corrected chi connectivity index (χ0v) is 19.4. The second-order valence-electron chi connectivity index (χ2n) is 8.29. The Hall–Kier alpha value is -3.42. The van der Waals surface area contributed by atoms with Crippen LogP contribution in [0, 0.1) is 6.92 Å². The first-order valence-electron chi connectivity index (χ1n) is 11.5. The molecule has 0 spiro atoms. The average molecular weight is 451 g/mol. The van der Waals surface area contributed by atoms with E-state index >= 15 is 0 Å². The summed E-state index contributed by atoms with van der Waals surface area (Å²) in [6.07, 6.45) is 4.22. The lowest BCUT2D eigenvalue weighted by Crippen LogP contribution is -2.31. The molecule has 0 aliphatic carbocycles. The fourth-order valence-electron chi connectivity index (χ4n) is 4.32. The molecule has 1 aliphatic rings. The highest BCUT2D eigenvalue weighted by Crippen LogP contribution is 2.26. The molecular weight excluding hydrogens is 420 g/mol. The van der Waals surface area contributed by atoms with Gasteiger partial charge in [0.1, 0.15) is 17.1 Å². The molecule has 8 nitrogen and oxygen atoms in total. The smallest absolute Gasteiger partial charge is 0.308 e. The molecule has 3 aromatic rings. The Morgan fingerprint density at radius 3 is 2.82 bits per heavy atom. The van der Waals surface area contributed by atoms with Gasteiger partial charge in [0.25, 0.3) is 5.91 Å². The summed E-state index contributed by atoms with van der Waals surface area (Å²) in [5, 5.41) is 3.03. The average Bonchev–Trinajstić information content (AvgIpc) is 2.98. The number of nitrogens with zero attached hydrogens (tertiary/aromatic N) is 3. The quantitative estimate of drug-likeness (QED) is 0.549. The van der Waals surface area contributed by atoms with Crippen molar-refractivity contribution in [2.45, 2.75) is 58.5 Å². The summed E-state index contributed by atoms with van der Waals surface area (Å²) in [7, 11) is 1.58. The highest BCUT2D eigenvalue weighted by molar-refractivity contribution is 6.04. The van der Waals surface area contributed by atoms with Crippen LogP contribution >= 0.6 is 0 Å². The number of methoxy groups -OCH3 is 1. The van der Waals surface area contributed by atoms with Gasteiger partial charge in [-0.05, 0) is 50.5 Å². The zero-order valence-electron chi connectivity index (χ0n) is 19.4. The molecule has 1 amide bonds. The predicted octanol–water partition coefficient (Wildman–Crippen LogP) is 3.90. The lowest BCUT2D eigenvalue weighted by atomic mass is 10.0. The number of hydrogen-bond donors (Lipinski definition) is 1. The summed E-state index contributed by atoms with van der Waals surface area (Å²) < 4.78 is 12.6. The van der Waals surface area contributed by atoms with E-state index in [-0.39, 0.29) is 24.9 Å². The molecule has 3 heterocycles. The topological polar surface area (TPSA) is 95.3 Å². The van der Waals surface area contributed by atoms with Crippen molar-refractivity contribution in [3.8, 4) is 5.75 Å². The second-order valence-corrected chi connectivity index (χ2v) is 8.29. The fourth-order valence-corrected chi connectivity index (χ4v) is 4.32. The number of benzene rings is 1. The lowest BCUT2D eigenvalue weighted by Gasteiger charge is -2.19.